The van der Waals surface area contributed by atoms with Crippen LogP contribution in [-0.4, -0.2) is 13.0 Å². The number of hydrazine groups is 1. The Kier molecular flexibility index (Phi) is 4.37. The molecule has 7 heteroatoms. The van der Waals surface area contributed by atoms with E-state index in [0.717, 1.165) is 0 Å². The number of carbonyl (C=O) groups excluding carboxylic acids is 1. The van der Waals surface area contributed by atoms with E-state index < -0.39 is 11.9 Å². The molecular weight excluding hydrogens is 253 g/mol. The van der Waals surface area contributed by atoms with Crippen LogP contribution in [0.3, 0.4) is 0 Å². The molecule has 0 aliphatic rings. The molecule has 1 amide bonds. The van der Waals surface area contributed by atoms with E-state index in [-0.39, 0.29) is 5.02 Å². The van der Waals surface area contributed by atoms with Crippen molar-refractivity contribution in [2.24, 2.45) is 11.6 Å². The summed E-state index contributed by atoms with van der Waals surface area (Å²) < 4.78 is 4.96. The van der Waals surface area contributed by atoms with Crippen LogP contribution in [0.1, 0.15) is 11.6 Å². The van der Waals surface area contributed by atoms with Crippen LogP contribution < -0.4 is 21.7 Å². The third-order valence-corrected chi connectivity index (χ3v) is 2.65. The highest BCUT2D eigenvalue weighted by Gasteiger charge is 2.19. The van der Waals surface area contributed by atoms with E-state index in [9.17, 15) is 4.79 Å². The molecule has 0 bridgehead atoms. The minimum absolute atomic E-state index is 0.289. The van der Waals surface area contributed by atoms with Crippen molar-refractivity contribution in [3.8, 4) is 5.75 Å². The molecular formula is C9H11Cl2N3O2. The summed E-state index contributed by atoms with van der Waals surface area (Å²) in [6, 6.07) is 1.99. The topological polar surface area (TPSA) is 90.4 Å². The second-order valence-electron chi connectivity index (χ2n) is 2.99. The number of amides is 1. The number of nitrogens with two attached hydrogens (primary N) is 2. The number of carbonyl (C=O) groups is 1. The predicted octanol–water partition coefficient (Wildman–Crippen LogP) is 0.992. The molecule has 0 spiro atoms. The second-order valence-corrected chi connectivity index (χ2v) is 3.81. The molecule has 1 atom stereocenters. The normalized spacial score (nSPS) is 12.1. The highest BCUT2D eigenvalue weighted by atomic mass is 35.5. The van der Waals surface area contributed by atoms with Crippen LogP contribution in [0.25, 0.3) is 0 Å². The summed E-state index contributed by atoms with van der Waals surface area (Å²) in [5.74, 6) is 4.83. The lowest BCUT2D eigenvalue weighted by Gasteiger charge is -2.14. The number of halogens is 2. The van der Waals surface area contributed by atoms with Gasteiger partial charge in [-0.15, -0.1) is 0 Å². The summed E-state index contributed by atoms with van der Waals surface area (Å²) in [6.45, 7) is 0. The summed E-state index contributed by atoms with van der Waals surface area (Å²) in [6.07, 6.45) is 0. The molecule has 0 saturated carbocycles. The minimum atomic E-state index is -0.971. The third kappa shape index (κ3) is 2.56. The fourth-order valence-corrected chi connectivity index (χ4v) is 1.69. The molecule has 0 heterocycles. The van der Waals surface area contributed by atoms with E-state index in [4.69, 9.17) is 39.5 Å². The smallest absolute Gasteiger partial charge is 0.255 e. The Morgan fingerprint density at radius 1 is 1.44 bits per heavy atom. The Morgan fingerprint density at radius 3 is 2.56 bits per heavy atom. The van der Waals surface area contributed by atoms with Gasteiger partial charge in [-0.05, 0) is 11.6 Å². The Hall–Kier alpha value is -1.01. The molecule has 0 aliphatic heterocycles. The first-order chi connectivity index (χ1) is 7.51. The Bertz CT molecular complexity index is 412. The van der Waals surface area contributed by atoms with E-state index in [1.165, 1.54) is 19.2 Å². The molecule has 1 aromatic carbocycles. The van der Waals surface area contributed by atoms with Gasteiger partial charge in [0, 0.05) is 11.1 Å². The molecule has 16 heavy (non-hydrogen) atoms. The summed E-state index contributed by atoms with van der Waals surface area (Å²) in [7, 11) is 1.46. The van der Waals surface area contributed by atoms with E-state index in [2.05, 4.69) is 0 Å². The van der Waals surface area contributed by atoms with Crippen molar-refractivity contribution in [2.75, 3.05) is 7.11 Å². The second kappa shape index (κ2) is 5.36. The maximum absolute atomic E-state index is 11.2. The van der Waals surface area contributed by atoms with Crippen LogP contribution in [0.4, 0.5) is 0 Å². The molecule has 1 aromatic rings. The monoisotopic (exact) mass is 263 g/mol. The molecule has 1 unspecified atom stereocenters. The number of methoxy groups -OCH3 is 1. The van der Waals surface area contributed by atoms with Crippen molar-refractivity contribution in [1.82, 2.24) is 5.43 Å². The predicted molar refractivity (Wildman–Crippen MR) is 62.3 cm³/mol. The largest absolute Gasteiger partial charge is 0.495 e. The molecule has 5 N–H and O–H groups in total. The highest BCUT2D eigenvalue weighted by molar-refractivity contribution is 6.35. The fraction of sp³-hybridized carbons (Fsp3) is 0.222. The maximum Gasteiger partial charge on any atom is 0.255 e. The third-order valence-electron chi connectivity index (χ3n) is 2.03. The van der Waals surface area contributed by atoms with E-state index in [1.54, 1.807) is 0 Å². The van der Waals surface area contributed by atoms with Crippen molar-refractivity contribution in [3.63, 3.8) is 0 Å². The van der Waals surface area contributed by atoms with Crippen molar-refractivity contribution in [2.45, 2.75) is 6.04 Å². The van der Waals surface area contributed by atoms with Gasteiger partial charge in [-0.2, -0.15) is 0 Å². The average molecular weight is 264 g/mol. The van der Waals surface area contributed by atoms with E-state index >= 15 is 0 Å². The van der Waals surface area contributed by atoms with Gasteiger partial charge in [0.15, 0.2) is 0 Å². The van der Waals surface area contributed by atoms with E-state index in [0.29, 0.717) is 16.3 Å². The van der Waals surface area contributed by atoms with Gasteiger partial charge in [-0.25, -0.2) is 5.84 Å². The van der Waals surface area contributed by atoms with Gasteiger partial charge in [0.25, 0.3) is 5.91 Å². The highest BCUT2D eigenvalue weighted by Crippen LogP contribution is 2.33. The average Bonchev–Trinajstić information content (AvgIpc) is 2.29. The molecule has 0 aromatic heterocycles. The first-order valence-electron chi connectivity index (χ1n) is 4.30. The Balaban J connectivity index is 3.15. The first-order valence-corrected chi connectivity index (χ1v) is 5.05. The molecule has 5 nitrogen and oxygen atoms in total. The quantitative estimate of drug-likeness (QED) is 0.431. The molecule has 0 aliphatic carbocycles. The van der Waals surface area contributed by atoms with Gasteiger partial charge in [0.1, 0.15) is 11.8 Å². The zero-order chi connectivity index (χ0) is 12.3. The zero-order valence-electron chi connectivity index (χ0n) is 8.46. The number of hydrogen-bond donors (Lipinski definition) is 3. The van der Waals surface area contributed by atoms with Crippen LogP contribution in [0.5, 0.6) is 5.75 Å². The molecule has 88 valence electrons. The standard InChI is InChI=1S/C9H11Cl2N3O2/c1-16-7-3-5(10)4(2-6(7)11)8(12)9(15)14-13/h2-3,8H,12-13H2,1H3,(H,14,15). The number of benzene rings is 1. The van der Waals surface area contributed by atoms with Gasteiger partial charge in [0.2, 0.25) is 0 Å². The van der Waals surface area contributed by atoms with Crippen LogP contribution in [0.15, 0.2) is 12.1 Å². The lowest BCUT2D eigenvalue weighted by Crippen LogP contribution is -2.38. The Morgan fingerprint density at radius 2 is 2.06 bits per heavy atom. The van der Waals surface area contributed by atoms with Gasteiger partial charge < -0.3 is 10.5 Å². The van der Waals surface area contributed by atoms with Gasteiger partial charge in [-0.3, -0.25) is 10.2 Å². The summed E-state index contributed by atoms with van der Waals surface area (Å²) in [5.41, 5.74) is 7.96. The lowest BCUT2D eigenvalue weighted by molar-refractivity contribution is -0.122. The van der Waals surface area contributed by atoms with Crippen LogP contribution in [0, 0.1) is 0 Å². The van der Waals surface area contributed by atoms with Gasteiger partial charge in [0.05, 0.1) is 12.1 Å². The van der Waals surface area contributed by atoms with Crippen LogP contribution >= 0.6 is 23.2 Å². The van der Waals surface area contributed by atoms with Crippen molar-refractivity contribution >= 4 is 29.1 Å². The zero-order valence-corrected chi connectivity index (χ0v) is 9.97. The Labute approximate surface area is 103 Å². The number of nitrogens with one attached hydrogen (secondary N) is 1. The van der Waals surface area contributed by atoms with Crippen LogP contribution in [0.2, 0.25) is 10.0 Å². The lowest BCUT2D eigenvalue weighted by atomic mass is 10.1. The summed E-state index contributed by atoms with van der Waals surface area (Å²) in [5, 5.41) is 0.611. The fourth-order valence-electron chi connectivity index (χ4n) is 1.17. The SMILES string of the molecule is COc1cc(Cl)c(C(N)C(=O)NN)cc1Cl. The number of hydrogen-bond acceptors (Lipinski definition) is 4. The first kappa shape index (κ1) is 13.1. The van der Waals surface area contributed by atoms with Gasteiger partial charge in [-0.1, -0.05) is 23.2 Å². The van der Waals surface area contributed by atoms with Crippen LogP contribution in [-0.2, 0) is 4.79 Å². The molecule has 0 fully saturated rings. The van der Waals surface area contributed by atoms with Gasteiger partial charge >= 0.3 is 0 Å². The number of rotatable bonds is 3. The minimum Gasteiger partial charge on any atom is -0.495 e. The molecule has 0 radical (unpaired) electrons. The molecule has 1 rings (SSSR count). The van der Waals surface area contributed by atoms with Crippen molar-refractivity contribution in [3.05, 3.63) is 27.7 Å². The number of ether oxygens (including phenoxy) is 1. The van der Waals surface area contributed by atoms with E-state index in [1.807, 2.05) is 5.43 Å². The molecule has 0 saturated heterocycles. The summed E-state index contributed by atoms with van der Waals surface area (Å²) in [4.78, 5) is 11.2. The van der Waals surface area contributed by atoms with Crippen molar-refractivity contribution < 1.29 is 9.53 Å². The summed E-state index contributed by atoms with van der Waals surface area (Å²) >= 11 is 11.8. The van der Waals surface area contributed by atoms with Crippen molar-refractivity contribution in [1.29, 1.82) is 0 Å². The maximum atomic E-state index is 11.2.